The molecule has 0 radical (unpaired) electrons. The highest BCUT2D eigenvalue weighted by Crippen LogP contribution is 2.34. The van der Waals surface area contributed by atoms with Crippen LogP contribution in [0.1, 0.15) is 5.56 Å². The molecule has 1 atom stereocenters. The minimum absolute atomic E-state index is 0. The Labute approximate surface area is 195 Å². The van der Waals surface area contributed by atoms with E-state index in [4.69, 9.17) is 12.2 Å². The topological polar surface area (TPSA) is 110 Å². The van der Waals surface area contributed by atoms with Crippen LogP contribution in [0.4, 0.5) is 4.39 Å². The summed E-state index contributed by atoms with van der Waals surface area (Å²) in [6.45, 7) is 0.00616. The lowest BCUT2D eigenvalue weighted by molar-refractivity contribution is -0.121. The van der Waals surface area contributed by atoms with E-state index in [1.807, 2.05) is 30.3 Å². The third kappa shape index (κ3) is 5.19. The average Bonchev–Trinajstić information content (AvgIpc) is 3.29. The molecule has 1 unspecified atom stereocenters. The lowest BCUT2D eigenvalue weighted by atomic mass is 10.1. The third-order valence-corrected chi connectivity index (χ3v) is 6.42. The summed E-state index contributed by atoms with van der Waals surface area (Å²) in [6.07, 6.45) is 3.46. The van der Waals surface area contributed by atoms with Crippen molar-refractivity contribution in [1.82, 2.24) is 14.7 Å². The third-order valence-electron chi connectivity index (χ3n) is 4.52. The van der Waals surface area contributed by atoms with Crippen LogP contribution in [0.15, 0.2) is 65.7 Å². The molecule has 1 aliphatic heterocycles. The number of thiocarbonyl (C=S) groups is 1. The first-order valence-electron chi connectivity index (χ1n) is 9.14. The SMILES string of the molecule is O.O=C1/C(=C/c2cn(-c3ccccc3)nc2-c2ccc(F)cc2)SC(=S)N1CCS(=O)[O-]. The van der Waals surface area contributed by atoms with Gasteiger partial charge < -0.3 is 10.0 Å². The lowest BCUT2D eigenvalue weighted by Gasteiger charge is -2.14. The van der Waals surface area contributed by atoms with Gasteiger partial charge in [-0.15, -0.1) is 0 Å². The van der Waals surface area contributed by atoms with Crippen LogP contribution in [0.25, 0.3) is 23.0 Å². The van der Waals surface area contributed by atoms with Crippen molar-refractivity contribution in [2.24, 2.45) is 0 Å². The van der Waals surface area contributed by atoms with E-state index in [2.05, 4.69) is 5.10 Å². The van der Waals surface area contributed by atoms with Crippen LogP contribution in [0.3, 0.4) is 0 Å². The molecule has 2 heterocycles. The Bertz CT molecular complexity index is 1200. The molecule has 1 aromatic heterocycles. The first kappa shape index (κ1) is 24.0. The molecule has 0 bridgehead atoms. The largest absolute Gasteiger partial charge is 0.772 e. The fraction of sp³-hybridized carbons (Fsp3) is 0.0952. The second-order valence-electron chi connectivity index (χ2n) is 6.56. The summed E-state index contributed by atoms with van der Waals surface area (Å²) in [5.41, 5.74) is 2.76. The highest BCUT2D eigenvalue weighted by atomic mass is 32.2. The monoisotopic (exact) mass is 490 g/mol. The Morgan fingerprint density at radius 1 is 1.16 bits per heavy atom. The van der Waals surface area contributed by atoms with Crippen LogP contribution in [0.5, 0.6) is 0 Å². The highest BCUT2D eigenvalue weighted by Gasteiger charge is 2.32. The van der Waals surface area contributed by atoms with Crippen LogP contribution in [-0.4, -0.2) is 51.4 Å². The van der Waals surface area contributed by atoms with Crippen molar-refractivity contribution in [2.75, 3.05) is 12.3 Å². The van der Waals surface area contributed by atoms with Crippen molar-refractivity contribution < 1.29 is 23.4 Å². The van der Waals surface area contributed by atoms with Gasteiger partial charge in [0, 0.05) is 29.6 Å². The van der Waals surface area contributed by atoms with E-state index >= 15 is 0 Å². The summed E-state index contributed by atoms with van der Waals surface area (Å²) in [5, 5.41) is 4.65. The minimum Gasteiger partial charge on any atom is -0.772 e. The predicted octanol–water partition coefficient (Wildman–Crippen LogP) is 2.93. The molecule has 0 aliphatic carbocycles. The normalized spacial score (nSPS) is 15.8. The smallest absolute Gasteiger partial charge is 0.266 e. The number of nitrogens with zero attached hydrogens (tertiary/aromatic N) is 3. The molecule has 2 aromatic carbocycles. The van der Waals surface area contributed by atoms with Crippen molar-refractivity contribution in [3.8, 4) is 16.9 Å². The van der Waals surface area contributed by atoms with E-state index < -0.39 is 11.1 Å². The first-order valence-corrected chi connectivity index (χ1v) is 11.6. The minimum atomic E-state index is -2.27. The number of carbonyl (C=O) groups is 1. The van der Waals surface area contributed by atoms with E-state index in [1.165, 1.54) is 17.0 Å². The molecule has 7 nitrogen and oxygen atoms in total. The maximum atomic E-state index is 13.4. The van der Waals surface area contributed by atoms with Gasteiger partial charge in [-0.1, -0.05) is 53.3 Å². The molecule has 166 valence electrons. The fourth-order valence-electron chi connectivity index (χ4n) is 3.04. The average molecular weight is 491 g/mol. The Morgan fingerprint density at radius 2 is 1.84 bits per heavy atom. The van der Waals surface area contributed by atoms with Gasteiger partial charge in [0.25, 0.3) is 5.91 Å². The number of para-hydroxylation sites is 1. The van der Waals surface area contributed by atoms with E-state index in [1.54, 1.807) is 29.1 Å². The maximum Gasteiger partial charge on any atom is 0.266 e. The zero-order valence-electron chi connectivity index (χ0n) is 16.4. The predicted molar refractivity (Wildman–Crippen MR) is 126 cm³/mol. The quantitative estimate of drug-likeness (QED) is 0.299. The van der Waals surface area contributed by atoms with E-state index in [0.29, 0.717) is 26.0 Å². The standard InChI is InChI=1S/C21H16FN3O3S3.H2O/c22-16-8-6-14(7-9-16)19-15(13-25(23-19)17-4-2-1-3-5-17)12-18-20(26)24(21(29)30-18)10-11-31(27)28;/h1-9,12-13H,10-11H2,(H,27,28);1H2/p-1/b18-12-;. The molecule has 0 spiro atoms. The molecule has 2 N–H and O–H groups in total. The van der Waals surface area contributed by atoms with Gasteiger partial charge in [0.05, 0.1) is 16.3 Å². The second-order valence-corrected chi connectivity index (χ2v) is 9.25. The van der Waals surface area contributed by atoms with Gasteiger partial charge in [0.15, 0.2) is 0 Å². The summed E-state index contributed by atoms with van der Waals surface area (Å²) in [5.74, 6) is -0.894. The number of thioether (sulfide) groups is 1. The van der Waals surface area contributed by atoms with Gasteiger partial charge in [-0.3, -0.25) is 13.9 Å². The molecule has 0 saturated carbocycles. The van der Waals surface area contributed by atoms with Crippen LogP contribution in [0.2, 0.25) is 0 Å². The number of amides is 1. The zero-order valence-corrected chi connectivity index (χ0v) is 18.9. The second kappa shape index (κ2) is 10.3. The summed E-state index contributed by atoms with van der Waals surface area (Å²) < 4.78 is 37.1. The van der Waals surface area contributed by atoms with Crippen LogP contribution in [0, 0.1) is 5.82 Å². The summed E-state index contributed by atoms with van der Waals surface area (Å²) in [7, 11) is 0. The molecule has 32 heavy (non-hydrogen) atoms. The van der Waals surface area contributed by atoms with Gasteiger partial charge in [-0.2, -0.15) is 5.10 Å². The van der Waals surface area contributed by atoms with Gasteiger partial charge in [-0.05, 0) is 42.5 Å². The first-order chi connectivity index (χ1) is 14.9. The summed E-state index contributed by atoms with van der Waals surface area (Å²) >= 11 is 4.09. The van der Waals surface area contributed by atoms with Crippen molar-refractivity contribution in [1.29, 1.82) is 0 Å². The Kier molecular flexibility index (Phi) is 7.69. The van der Waals surface area contributed by atoms with Crippen molar-refractivity contribution in [3.05, 3.63) is 77.1 Å². The molecule has 1 aliphatic rings. The van der Waals surface area contributed by atoms with Crippen LogP contribution in [-0.2, 0) is 15.9 Å². The maximum absolute atomic E-state index is 13.4. The summed E-state index contributed by atoms with van der Waals surface area (Å²) in [6, 6.07) is 15.4. The lowest BCUT2D eigenvalue weighted by Crippen LogP contribution is -2.31. The molecule has 1 saturated heterocycles. The van der Waals surface area contributed by atoms with Crippen molar-refractivity contribution >= 4 is 51.4 Å². The number of halogens is 1. The van der Waals surface area contributed by atoms with E-state index in [0.717, 1.165) is 17.4 Å². The van der Waals surface area contributed by atoms with E-state index in [9.17, 15) is 17.9 Å². The molecule has 11 heteroatoms. The summed E-state index contributed by atoms with van der Waals surface area (Å²) in [4.78, 5) is 14.4. The number of carbonyl (C=O) groups excluding carboxylic acids is 1. The highest BCUT2D eigenvalue weighted by molar-refractivity contribution is 8.26. The molecule has 4 rings (SSSR count). The van der Waals surface area contributed by atoms with E-state index in [-0.39, 0.29) is 29.5 Å². The van der Waals surface area contributed by atoms with Crippen LogP contribution < -0.4 is 0 Å². The number of hydrogen-bond donors (Lipinski definition) is 0. The van der Waals surface area contributed by atoms with Gasteiger partial charge in [-0.25, -0.2) is 9.07 Å². The van der Waals surface area contributed by atoms with Crippen LogP contribution >= 0.6 is 24.0 Å². The van der Waals surface area contributed by atoms with Gasteiger partial charge >= 0.3 is 0 Å². The molecular weight excluding hydrogens is 473 g/mol. The fourth-order valence-corrected chi connectivity index (χ4v) is 4.67. The van der Waals surface area contributed by atoms with Gasteiger partial charge in [0.1, 0.15) is 10.1 Å². The number of rotatable bonds is 6. The zero-order chi connectivity index (χ0) is 22.0. The number of hydrogen-bond acceptors (Lipinski definition) is 6. The number of benzene rings is 2. The molecule has 1 fully saturated rings. The van der Waals surface area contributed by atoms with Crippen molar-refractivity contribution in [3.63, 3.8) is 0 Å². The Balaban J connectivity index is 0.00000289. The van der Waals surface area contributed by atoms with Crippen molar-refractivity contribution in [2.45, 2.75) is 0 Å². The molecule has 1 amide bonds. The molecule has 3 aromatic rings. The molecular formula is C21H17FN3O4S3-. The number of aromatic nitrogens is 2. The Hall–Kier alpha value is -2.70. The Morgan fingerprint density at radius 3 is 2.50 bits per heavy atom. The van der Waals surface area contributed by atoms with Gasteiger partial charge in [0.2, 0.25) is 0 Å².